The number of phenols is 1. The van der Waals surface area contributed by atoms with Gasteiger partial charge in [0.05, 0.1) is 4.90 Å². The van der Waals surface area contributed by atoms with Crippen molar-refractivity contribution in [3.63, 3.8) is 0 Å². The lowest BCUT2D eigenvalue weighted by Gasteiger charge is -2.03. The van der Waals surface area contributed by atoms with Crippen molar-refractivity contribution in [2.75, 3.05) is 0 Å². The van der Waals surface area contributed by atoms with E-state index in [1.807, 2.05) is 39.8 Å². The maximum atomic E-state index is 10.5. The van der Waals surface area contributed by atoms with Crippen molar-refractivity contribution >= 4 is 10.1 Å². The van der Waals surface area contributed by atoms with E-state index >= 15 is 0 Å². The molecule has 0 fully saturated rings. The highest BCUT2D eigenvalue weighted by Gasteiger charge is 2.06. The molecule has 21 heavy (non-hydrogen) atoms. The topological polar surface area (TPSA) is 74.6 Å². The highest BCUT2D eigenvalue weighted by Crippen LogP contribution is 2.21. The molecule has 4 nitrogen and oxygen atoms in total. The summed E-state index contributed by atoms with van der Waals surface area (Å²) in [5.41, 5.74) is 4.07. The molecule has 0 heterocycles. The van der Waals surface area contributed by atoms with Crippen molar-refractivity contribution in [2.45, 2.75) is 32.6 Å². The Labute approximate surface area is 125 Å². The lowest BCUT2D eigenvalue weighted by molar-refractivity contribution is 0.466. The number of phenolic OH excluding ortho intramolecular Hbond substituents is 1. The van der Waals surface area contributed by atoms with Crippen LogP contribution in [-0.2, 0) is 10.1 Å². The number of aromatic hydroxyl groups is 1. The van der Waals surface area contributed by atoms with Crippen LogP contribution in [0.15, 0.2) is 41.3 Å². The maximum absolute atomic E-state index is 10.5. The fourth-order valence-electron chi connectivity index (χ4n) is 1.88. The van der Waals surface area contributed by atoms with E-state index < -0.39 is 10.1 Å². The lowest BCUT2D eigenvalue weighted by Crippen LogP contribution is -1.96. The van der Waals surface area contributed by atoms with Crippen LogP contribution < -0.4 is 0 Å². The first-order chi connectivity index (χ1) is 9.61. The van der Waals surface area contributed by atoms with Gasteiger partial charge >= 0.3 is 0 Å². The summed E-state index contributed by atoms with van der Waals surface area (Å²) in [6.07, 6.45) is 0. The number of aryl methyl sites for hydroxylation is 4. The maximum Gasteiger partial charge on any atom is 0.294 e. The predicted octanol–water partition coefficient (Wildman–Crippen LogP) is 3.56. The van der Waals surface area contributed by atoms with Gasteiger partial charge in [-0.1, -0.05) is 35.4 Å². The Morgan fingerprint density at radius 3 is 1.62 bits per heavy atom. The summed E-state index contributed by atoms with van der Waals surface area (Å²) in [5.74, 6) is 0.422. The van der Waals surface area contributed by atoms with Gasteiger partial charge in [0, 0.05) is 0 Å². The Hall–Kier alpha value is -1.85. The van der Waals surface area contributed by atoms with E-state index in [4.69, 9.17) is 4.55 Å². The summed E-state index contributed by atoms with van der Waals surface area (Å²) >= 11 is 0. The van der Waals surface area contributed by atoms with E-state index in [0.29, 0.717) is 5.75 Å². The van der Waals surface area contributed by atoms with Crippen LogP contribution in [0, 0.1) is 27.7 Å². The van der Waals surface area contributed by atoms with E-state index in [1.165, 1.54) is 17.7 Å². The molecule has 0 spiro atoms. The second-order valence-electron chi connectivity index (χ2n) is 5.04. The van der Waals surface area contributed by atoms with E-state index in [2.05, 4.69) is 0 Å². The van der Waals surface area contributed by atoms with Gasteiger partial charge in [-0.15, -0.1) is 0 Å². The SMILES string of the molecule is Cc1cc(C)c(O)c(C)c1.Cc1ccc(S(=O)(=O)O)cc1. The minimum Gasteiger partial charge on any atom is -0.507 e. The van der Waals surface area contributed by atoms with Gasteiger partial charge in [0.1, 0.15) is 5.75 Å². The summed E-state index contributed by atoms with van der Waals surface area (Å²) in [4.78, 5) is -0.0666. The number of hydrogen-bond acceptors (Lipinski definition) is 3. The van der Waals surface area contributed by atoms with Crippen molar-refractivity contribution in [2.24, 2.45) is 0 Å². The first kappa shape index (κ1) is 17.2. The molecule has 0 amide bonds. The Balaban J connectivity index is 0.000000211. The van der Waals surface area contributed by atoms with Crippen LogP contribution >= 0.6 is 0 Å². The molecule has 2 rings (SSSR count). The monoisotopic (exact) mass is 308 g/mol. The van der Waals surface area contributed by atoms with Gasteiger partial charge in [-0.2, -0.15) is 8.42 Å². The minimum absolute atomic E-state index is 0.0666. The molecular weight excluding hydrogens is 288 g/mol. The van der Waals surface area contributed by atoms with Gasteiger partial charge in [-0.05, 0) is 51.0 Å². The zero-order valence-electron chi connectivity index (χ0n) is 12.6. The number of rotatable bonds is 1. The highest BCUT2D eigenvalue weighted by atomic mass is 32.2. The van der Waals surface area contributed by atoms with Gasteiger partial charge in [-0.3, -0.25) is 4.55 Å². The molecule has 0 saturated carbocycles. The normalized spacial score (nSPS) is 10.7. The molecule has 0 aliphatic heterocycles. The average molecular weight is 308 g/mol. The van der Waals surface area contributed by atoms with E-state index in [9.17, 15) is 13.5 Å². The van der Waals surface area contributed by atoms with Crippen molar-refractivity contribution in [1.29, 1.82) is 0 Å². The van der Waals surface area contributed by atoms with Crippen molar-refractivity contribution in [3.8, 4) is 5.75 Å². The highest BCUT2D eigenvalue weighted by molar-refractivity contribution is 7.85. The second-order valence-corrected chi connectivity index (χ2v) is 6.46. The Bertz CT molecular complexity index is 693. The molecule has 0 aliphatic rings. The number of hydrogen-bond donors (Lipinski definition) is 2. The fourth-order valence-corrected chi connectivity index (χ4v) is 2.36. The standard InChI is InChI=1S/C9H12O.C7H8O3S/c1-6-4-7(2)9(10)8(3)5-6;1-6-2-4-7(5-3-6)11(8,9)10/h4-5,10H,1-3H3;2-5H,1H3,(H,8,9,10). The Morgan fingerprint density at radius 1 is 0.810 bits per heavy atom. The summed E-state index contributed by atoms with van der Waals surface area (Å²) < 4.78 is 29.6. The number of benzene rings is 2. The smallest absolute Gasteiger partial charge is 0.294 e. The molecule has 0 aromatic heterocycles. The zero-order valence-corrected chi connectivity index (χ0v) is 13.4. The van der Waals surface area contributed by atoms with Crippen LogP contribution in [0.5, 0.6) is 5.75 Å². The first-order valence-corrected chi connectivity index (χ1v) is 7.86. The third-order valence-corrected chi connectivity index (χ3v) is 3.82. The zero-order chi connectivity index (χ0) is 16.2. The van der Waals surface area contributed by atoms with Gasteiger partial charge in [0.15, 0.2) is 0 Å². The quantitative estimate of drug-likeness (QED) is 0.790. The summed E-state index contributed by atoms with van der Waals surface area (Å²) in [6.45, 7) is 7.69. The van der Waals surface area contributed by atoms with Crippen LogP contribution in [0.2, 0.25) is 0 Å². The van der Waals surface area contributed by atoms with Gasteiger partial charge in [0.25, 0.3) is 10.1 Å². The molecule has 2 aromatic rings. The Kier molecular flexibility index (Phi) is 5.52. The third-order valence-electron chi connectivity index (χ3n) is 2.95. The van der Waals surface area contributed by atoms with Crippen LogP contribution in [0.25, 0.3) is 0 Å². The molecule has 0 bridgehead atoms. The first-order valence-electron chi connectivity index (χ1n) is 6.42. The third kappa shape index (κ3) is 5.21. The van der Waals surface area contributed by atoms with Crippen LogP contribution in [0.4, 0.5) is 0 Å². The van der Waals surface area contributed by atoms with E-state index in [0.717, 1.165) is 16.7 Å². The molecule has 0 saturated heterocycles. The summed E-state index contributed by atoms with van der Waals surface area (Å²) in [5, 5.41) is 9.33. The molecule has 114 valence electrons. The second kappa shape index (κ2) is 6.74. The summed E-state index contributed by atoms with van der Waals surface area (Å²) in [6, 6.07) is 9.94. The van der Waals surface area contributed by atoms with Crippen LogP contribution in [-0.4, -0.2) is 18.1 Å². The van der Waals surface area contributed by atoms with E-state index in [1.54, 1.807) is 12.1 Å². The average Bonchev–Trinajstić information content (AvgIpc) is 2.36. The largest absolute Gasteiger partial charge is 0.507 e. The van der Waals surface area contributed by atoms with E-state index in [-0.39, 0.29) is 4.90 Å². The van der Waals surface area contributed by atoms with Gasteiger partial charge < -0.3 is 5.11 Å². The molecule has 0 radical (unpaired) electrons. The molecular formula is C16H20O4S. The molecule has 2 N–H and O–H groups in total. The molecule has 2 aromatic carbocycles. The van der Waals surface area contributed by atoms with Gasteiger partial charge in [0.2, 0.25) is 0 Å². The van der Waals surface area contributed by atoms with Crippen LogP contribution in [0.3, 0.4) is 0 Å². The van der Waals surface area contributed by atoms with Crippen molar-refractivity contribution in [3.05, 3.63) is 58.7 Å². The van der Waals surface area contributed by atoms with Crippen LogP contribution in [0.1, 0.15) is 22.3 Å². The molecule has 5 heteroatoms. The van der Waals surface area contributed by atoms with Crippen molar-refractivity contribution in [1.82, 2.24) is 0 Å². The molecule has 0 aliphatic carbocycles. The lowest BCUT2D eigenvalue weighted by atomic mass is 10.1. The fraction of sp³-hybridized carbons (Fsp3) is 0.250. The predicted molar refractivity (Wildman–Crippen MR) is 83.3 cm³/mol. The Morgan fingerprint density at radius 2 is 1.24 bits per heavy atom. The minimum atomic E-state index is -4.02. The molecule has 0 unspecified atom stereocenters. The summed E-state index contributed by atoms with van der Waals surface area (Å²) in [7, 11) is -4.02. The van der Waals surface area contributed by atoms with Crippen molar-refractivity contribution < 1.29 is 18.1 Å². The molecule has 0 atom stereocenters. The van der Waals surface area contributed by atoms with Gasteiger partial charge in [-0.25, -0.2) is 0 Å².